The lowest BCUT2D eigenvalue weighted by Gasteiger charge is -2.25. The molecule has 25 heavy (non-hydrogen) atoms. The average Bonchev–Trinajstić information content (AvgIpc) is 2.59. The number of halogens is 3. The van der Waals surface area contributed by atoms with Gasteiger partial charge in [-0.05, 0) is 80.1 Å². The van der Waals surface area contributed by atoms with Crippen molar-refractivity contribution in [1.29, 1.82) is 0 Å². The van der Waals surface area contributed by atoms with Gasteiger partial charge in [0.2, 0.25) is 0 Å². The Kier molecular flexibility index (Phi) is 6.96. The van der Waals surface area contributed by atoms with Crippen molar-refractivity contribution >= 4 is 21.4 Å². The Morgan fingerprint density at radius 2 is 1.28 bits per heavy atom. The average molecular weight is 387 g/mol. The first-order chi connectivity index (χ1) is 11.8. The molecule has 0 atom stereocenters. The maximum Gasteiger partial charge on any atom is 0.181 e. The first-order valence-corrected chi connectivity index (χ1v) is 10.1. The summed E-state index contributed by atoms with van der Waals surface area (Å²) in [4.78, 5) is 0.404. The molecule has 2 nitrogen and oxygen atoms in total. The van der Waals surface area contributed by atoms with Crippen LogP contribution in [-0.4, -0.2) is 13.7 Å². The molecule has 0 radical (unpaired) electrons. The molecule has 6 heteroatoms. The molecule has 1 saturated carbocycles. The standard InChI is InChI=1S/C13H17ClO2S.C6H4F2/c1-10-2-6-12(7-3-10)17(15,16)13-8-4-11(14)5-9-13;7-5-1-2-6(8)4-3-5/h4-5,8-10,12H,2-3,6-7H2,1H3;1-4H. The van der Waals surface area contributed by atoms with E-state index in [9.17, 15) is 17.2 Å². The molecule has 0 unspecified atom stereocenters. The van der Waals surface area contributed by atoms with Crippen LogP contribution in [0, 0.1) is 17.6 Å². The van der Waals surface area contributed by atoms with Crippen LogP contribution in [0.25, 0.3) is 0 Å². The van der Waals surface area contributed by atoms with Crippen LogP contribution in [0.15, 0.2) is 53.4 Å². The molecule has 0 saturated heterocycles. The van der Waals surface area contributed by atoms with Crippen LogP contribution in [0.3, 0.4) is 0 Å². The zero-order valence-corrected chi connectivity index (χ0v) is 15.5. The Hall–Kier alpha value is -1.46. The Morgan fingerprint density at radius 1 is 0.840 bits per heavy atom. The molecule has 136 valence electrons. The molecule has 1 aliphatic carbocycles. The lowest BCUT2D eigenvalue weighted by atomic mass is 9.91. The molecule has 0 amide bonds. The second-order valence-electron chi connectivity index (χ2n) is 6.32. The van der Waals surface area contributed by atoms with E-state index in [0.717, 1.165) is 49.9 Å². The van der Waals surface area contributed by atoms with E-state index in [4.69, 9.17) is 11.6 Å². The molecule has 0 N–H and O–H groups in total. The maximum absolute atomic E-state index is 12.4. The molecule has 0 spiro atoms. The van der Waals surface area contributed by atoms with E-state index < -0.39 is 21.5 Å². The van der Waals surface area contributed by atoms with Gasteiger partial charge in [-0.2, -0.15) is 0 Å². The van der Waals surface area contributed by atoms with Gasteiger partial charge in [-0.1, -0.05) is 18.5 Å². The summed E-state index contributed by atoms with van der Waals surface area (Å²) in [5, 5.41) is 0.362. The van der Waals surface area contributed by atoms with Crippen LogP contribution in [0.4, 0.5) is 8.78 Å². The van der Waals surface area contributed by atoms with Crippen LogP contribution >= 0.6 is 11.6 Å². The minimum absolute atomic E-state index is 0.208. The minimum atomic E-state index is -3.16. The van der Waals surface area contributed by atoms with E-state index >= 15 is 0 Å². The van der Waals surface area contributed by atoms with Crippen molar-refractivity contribution in [2.24, 2.45) is 5.92 Å². The van der Waals surface area contributed by atoms with Crippen LogP contribution in [0.5, 0.6) is 0 Å². The van der Waals surface area contributed by atoms with E-state index in [2.05, 4.69) is 6.92 Å². The van der Waals surface area contributed by atoms with E-state index in [1.807, 2.05) is 0 Å². The van der Waals surface area contributed by atoms with Crippen molar-refractivity contribution in [1.82, 2.24) is 0 Å². The predicted octanol–water partition coefficient (Wildman–Crippen LogP) is 5.66. The van der Waals surface area contributed by atoms with Crippen molar-refractivity contribution in [2.45, 2.75) is 42.8 Å². The van der Waals surface area contributed by atoms with Crippen molar-refractivity contribution in [2.75, 3.05) is 0 Å². The zero-order valence-electron chi connectivity index (χ0n) is 14.0. The van der Waals surface area contributed by atoms with Crippen LogP contribution in [-0.2, 0) is 9.84 Å². The Labute approximate surface area is 152 Å². The Bertz CT molecular complexity index is 745. The summed E-state index contributed by atoms with van der Waals surface area (Å²) >= 11 is 5.77. The van der Waals surface area contributed by atoms with E-state index in [-0.39, 0.29) is 5.25 Å². The fourth-order valence-electron chi connectivity index (χ4n) is 2.79. The summed E-state index contributed by atoms with van der Waals surface area (Å²) in [7, 11) is -3.16. The maximum atomic E-state index is 12.4. The normalized spacial score (nSPS) is 20.5. The molecule has 1 aliphatic rings. The van der Waals surface area contributed by atoms with E-state index in [0.29, 0.717) is 15.8 Å². The van der Waals surface area contributed by atoms with Gasteiger partial charge in [0.15, 0.2) is 9.84 Å². The fourth-order valence-corrected chi connectivity index (χ4v) is 4.71. The summed E-state index contributed by atoms with van der Waals surface area (Å²) in [6.07, 6.45) is 3.59. The van der Waals surface area contributed by atoms with Crippen LogP contribution in [0.2, 0.25) is 5.02 Å². The molecular weight excluding hydrogens is 366 g/mol. The Morgan fingerprint density at radius 3 is 1.72 bits per heavy atom. The third kappa shape index (κ3) is 5.79. The van der Waals surface area contributed by atoms with Gasteiger partial charge in [-0.15, -0.1) is 0 Å². The second kappa shape index (κ2) is 8.77. The highest BCUT2D eigenvalue weighted by Gasteiger charge is 2.30. The van der Waals surface area contributed by atoms with Gasteiger partial charge in [0, 0.05) is 5.02 Å². The molecule has 0 heterocycles. The quantitative estimate of drug-likeness (QED) is 0.667. The lowest BCUT2D eigenvalue weighted by molar-refractivity contribution is 0.382. The SMILES string of the molecule is CC1CCC(S(=O)(=O)c2ccc(Cl)cc2)CC1.Fc1ccc(F)cc1. The molecule has 3 rings (SSSR count). The topological polar surface area (TPSA) is 34.1 Å². The highest BCUT2D eigenvalue weighted by Crippen LogP contribution is 2.31. The monoisotopic (exact) mass is 386 g/mol. The largest absolute Gasteiger partial charge is 0.223 e. The number of hydrogen-bond acceptors (Lipinski definition) is 2. The molecule has 0 aromatic heterocycles. The summed E-state index contributed by atoms with van der Waals surface area (Å²) in [6.45, 7) is 2.19. The molecular formula is C19H21ClF2O2S. The number of hydrogen-bond donors (Lipinski definition) is 0. The summed E-state index contributed by atoms with van der Waals surface area (Å²) < 4.78 is 48.6. The zero-order chi connectivity index (χ0) is 18.4. The lowest BCUT2D eigenvalue weighted by Crippen LogP contribution is -2.26. The highest BCUT2D eigenvalue weighted by atomic mass is 35.5. The third-order valence-corrected chi connectivity index (χ3v) is 6.88. The number of rotatable bonds is 2. The Balaban J connectivity index is 0.000000236. The first-order valence-electron chi connectivity index (χ1n) is 8.19. The second-order valence-corrected chi connectivity index (χ2v) is 8.98. The minimum Gasteiger partial charge on any atom is -0.223 e. The van der Waals surface area contributed by atoms with Gasteiger partial charge in [-0.25, -0.2) is 17.2 Å². The predicted molar refractivity (Wildman–Crippen MR) is 96.4 cm³/mol. The van der Waals surface area contributed by atoms with Crippen molar-refractivity contribution in [3.05, 3.63) is 65.2 Å². The fraction of sp³-hybridized carbons (Fsp3) is 0.368. The van der Waals surface area contributed by atoms with Gasteiger partial charge < -0.3 is 0 Å². The van der Waals surface area contributed by atoms with Crippen LogP contribution in [0.1, 0.15) is 32.6 Å². The summed E-state index contributed by atoms with van der Waals surface area (Å²) in [5.74, 6) is -0.163. The van der Waals surface area contributed by atoms with Crippen LogP contribution < -0.4 is 0 Å². The summed E-state index contributed by atoms with van der Waals surface area (Å²) in [6, 6.07) is 10.8. The van der Waals surface area contributed by atoms with Crippen molar-refractivity contribution < 1.29 is 17.2 Å². The van der Waals surface area contributed by atoms with Gasteiger partial charge >= 0.3 is 0 Å². The smallest absolute Gasteiger partial charge is 0.181 e. The molecule has 1 fully saturated rings. The van der Waals surface area contributed by atoms with E-state index in [1.54, 1.807) is 24.3 Å². The van der Waals surface area contributed by atoms with Gasteiger partial charge in [0.1, 0.15) is 11.6 Å². The number of sulfone groups is 1. The highest BCUT2D eigenvalue weighted by molar-refractivity contribution is 7.92. The van der Waals surface area contributed by atoms with Gasteiger partial charge in [-0.3, -0.25) is 0 Å². The first kappa shape index (κ1) is 19.9. The number of benzene rings is 2. The molecule has 2 aromatic rings. The third-order valence-electron chi connectivity index (χ3n) is 4.35. The van der Waals surface area contributed by atoms with Gasteiger partial charge in [0.25, 0.3) is 0 Å². The summed E-state index contributed by atoms with van der Waals surface area (Å²) in [5.41, 5.74) is 0. The van der Waals surface area contributed by atoms with Gasteiger partial charge in [0.05, 0.1) is 10.1 Å². The van der Waals surface area contributed by atoms with Crippen molar-refractivity contribution in [3.63, 3.8) is 0 Å². The molecule has 0 bridgehead atoms. The molecule has 0 aliphatic heterocycles. The van der Waals surface area contributed by atoms with Crippen molar-refractivity contribution in [3.8, 4) is 0 Å². The van der Waals surface area contributed by atoms with E-state index in [1.165, 1.54) is 0 Å². The molecule has 2 aromatic carbocycles.